The molecular weight excluding hydrogens is 506 g/mol. The van der Waals surface area contributed by atoms with Crippen LogP contribution in [0.4, 0.5) is 17.3 Å². The van der Waals surface area contributed by atoms with Gasteiger partial charge in [0.2, 0.25) is 5.95 Å². The van der Waals surface area contributed by atoms with Gasteiger partial charge < -0.3 is 15.1 Å². The summed E-state index contributed by atoms with van der Waals surface area (Å²) >= 11 is 1.60. The van der Waals surface area contributed by atoms with Gasteiger partial charge in [0.1, 0.15) is 5.65 Å². The topological polar surface area (TPSA) is 79.2 Å². The van der Waals surface area contributed by atoms with Crippen LogP contribution in [0.15, 0.2) is 71.0 Å². The van der Waals surface area contributed by atoms with Crippen LogP contribution in [-0.4, -0.2) is 57.6 Å². The number of hydrogen-bond donors (Lipinski definition) is 1. The summed E-state index contributed by atoms with van der Waals surface area (Å²) in [6.07, 6.45) is 1.79. The van der Waals surface area contributed by atoms with Crippen LogP contribution >= 0.6 is 11.3 Å². The Balaban J connectivity index is 1.32. The molecule has 0 bridgehead atoms. The van der Waals surface area contributed by atoms with E-state index in [1.54, 1.807) is 22.1 Å². The molecule has 0 radical (unpaired) electrons. The number of pyridine rings is 1. The quantitative estimate of drug-likeness (QED) is 0.310. The number of nitrogens with one attached hydrogen (secondary N) is 1. The fourth-order valence-electron chi connectivity index (χ4n) is 5.08. The van der Waals surface area contributed by atoms with Gasteiger partial charge in [0, 0.05) is 72.2 Å². The summed E-state index contributed by atoms with van der Waals surface area (Å²) in [6, 6.07) is 18.2. The zero-order chi connectivity index (χ0) is 26.9. The maximum absolute atomic E-state index is 13.7. The minimum atomic E-state index is -0.0782. The van der Waals surface area contributed by atoms with Crippen molar-refractivity contribution in [2.45, 2.75) is 20.4 Å². The van der Waals surface area contributed by atoms with E-state index in [9.17, 15) is 4.79 Å². The Kier molecular flexibility index (Phi) is 6.85. The molecule has 0 amide bonds. The molecule has 39 heavy (non-hydrogen) atoms. The van der Waals surface area contributed by atoms with Crippen molar-refractivity contribution >= 4 is 39.7 Å². The van der Waals surface area contributed by atoms with E-state index in [1.807, 2.05) is 61.7 Å². The third kappa shape index (κ3) is 5.03. The molecule has 0 saturated carbocycles. The van der Waals surface area contributed by atoms with Crippen LogP contribution in [0, 0.1) is 6.92 Å². The molecule has 4 heterocycles. The Labute approximate surface area is 231 Å². The lowest BCUT2D eigenvalue weighted by Gasteiger charge is -2.34. The molecule has 1 fully saturated rings. The summed E-state index contributed by atoms with van der Waals surface area (Å²) in [7, 11) is 2.16. The van der Waals surface area contributed by atoms with Gasteiger partial charge in [0.25, 0.3) is 5.56 Å². The lowest BCUT2D eigenvalue weighted by Crippen LogP contribution is -2.44. The van der Waals surface area contributed by atoms with Crippen molar-refractivity contribution < 1.29 is 0 Å². The molecule has 0 atom stereocenters. The van der Waals surface area contributed by atoms with Crippen LogP contribution in [0.25, 0.3) is 33.4 Å². The largest absolute Gasteiger partial charge is 0.369 e. The van der Waals surface area contributed by atoms with Crippen LogP contribution in [0.3, 0.4) is 0 Å². The van der Waals surface area contributed by atoms with Crippen LogP contribution in [-0.2, 0) is 6.54 Å². The fraction of sp³-hybridized carbons (Fsp3) is 0.267. The first-order valence-electron chi connectivity index (χ1n) is 13.2. The molecule has 2 aromatic carbocycles. The van der Waals surface area contributed by atoms with Crippen molar-refractivity contribution in [3.63, 3.8) is 0 Å². The average Bonchev–Trinajstić information content (AvgIpc) is 3.40. The maximum atomic E-state index is 13.7. The number of aromatic nitrogens is 4. The number of hydrogen-bond acceptors (Lipinski definition) is 8. The van der Waals surface area contributed by atoms with Crippen molar-refractivity contribution in [3.05, 3.63) is 81.5 Å². The molecule has 1 N–H and O–H groups in total. The zero-order valence-corrected chi connectivity index (χ0v) is 23.2. The first-order valence-corrected chi connectivity index (χ1v) is 14.1. The van der Waals surface area contributed by atoms with Gasteiger partial charge in [-0.3, -0.25) is 9.36 Å². The number of anilines is 3. The van der Waals surface area contributed by atoms with E-state index < -0.39 is 0 Å². The van der Waals surface area contributed by atoms with E-state index in [0.717, 1.165) is 59.1 Å². The van der Waals surface area contributed by atoms with Crippen molar-refractivity contribution in [2.75, 3.05) is 43.4 Å². The molecule has 9 heteroatoms. The van der Waals surface area contributed by atoms with Gasteiger partial charge in [-0.15, -0.1) is 11.3 Å². The van der Waals surface area contributed by atoms with E-state index in [4.69, 9.17) is 4.98 Å². The number of thiazole rings is 1. The molecular formula is C30H31N7OS. The van der Waals surface area contributed by atoms with E-state index in [0.29, 0.717) is 23.7 Å². The summed E-state index contributed by atoms with van der Waals surface area (Å²) in [4.78, 5) is 32.5. The number of nitrogens with zero attached hydrogens (tertiary/aromatic N) is 6. The summed E-state index contributed by atoms with van der Waals surface area (Å²) < 4.78 is 1.72. The average molecular weight is 538 g/mol. The predicted octanol–water partition coefficient (Wildman–Crippen LogP) is 5.41. The van der Waals surface area contributed by atoms with Crippen molar-refractivity contribution in [1.29, 1.82) is 0 Å². The van der Waals surface area contributed by atoms with E-state index in [-0.39, 0.29) is 5.56 Å². The number of rotatable bonds is 6. The summed E-state index contributed by atoms with van der Waals surface area (Å²) in [6.45, 7) is 8.65. The third-order valence-corrected chi connectivity index (χ3v) is 8.02. The van der Waals surface area contributed by atoms with Gasteiger partial charge in [0.15, 0.2) is 0 Å². The molecule has 1 aliphatic heterocycles. The predicted molar refractivity (Wildman–Crippen MR) is 160 cm³/mol. The van der Waals surface area contributed by atoms with E-state index in [2.05, 4.69) is 44.3 Å². The minimum absolute atomic E-state index is 0.0782. The lowest BCUT2D eigenvalue weighted by molar-refractivity contribution is 0.313. The Morgan fingerprint density at radius 3 is 2.38 bits per heavy atom. The summed E-state index contributed by atoms with van der Waals surface area (Å²) in [5.74, 6) is 0.461. The fourth-order valence-corrected chi connectivity index (χ4v) is 5.70. The van der Waals surface area contributed by atoms with Gasteiger partial charge >= 0.3 is 0 Å². The van der Waals surface area contributed by atoms with Gasteiger partial charge in [-0.2, -0.15) is 4.98 Å². The summed E-state index contributed by atoms with van der Waals surface area (Å²) in [5.41, 5.74) is 5.96. The Hall–Kier alpha value is -4.08. The van der Waals surface area contributed by atoms with Crippen LogP contribution in [0.2, 0.25) is 0 Å². The normalized spacial score (nSPS) is 14.2. The van der Waals surface area contributed by atoms with E-state index in [1.165, 1.54) is 5.69 Å². The molecule has 1 saturated heterocycles. The van der Waals surface area contributed by atoms with Gasteiger partial charge in [0.05, 0.1) is 10.7 Å². The second-order valence-corrected chi connectivity index (χ2v) is 10.9. The molecule has 1 aliphatic rings. The highest BCUT2D eigenvalue weighted by atomic mass is 32.1. The SMILES string of the molecule is CCn1c(=O)c(-c2ccccc2-c2csc(C)n2)cc2cnc(Nc3ccc(N4CCN(C)CC4)cc3)nc21. The smallest absolute Gasteiger partial charge is 0.260 e. The monoisotopic (exact) mass is 537 g/mol. The second kappa shape index (κ2) is 10.6. The first-order chi connectivity index (χ1) is 19.0. The van der Waals surface area contributed by atoms with Gasteiger partial charge in [-0.1, -0.05) is 24.3 Å². The number of fused-ring (bicyclic) bond motifs is 1. The Bertz CT molecular complexity index is 1680. The Morgan fingerprint density at radius 2 is 1.69 bits per heavy atom. The maximum Gasteiger partial charge on any atom is 0.260 e. The highest BCUT2D eigenvalue weighted by Crippen LogP contribution is 2.32. The van der Waals surface area contributed by atoms with Gasteiger partial charge in [-0.25, -0.2) is 9.97 Å². The molecule has 8 nitrogen and oxygen atoms in total. The van der Waals surface area contributed by atoms with Crippen LogP contribution in [0.5, 0.6) is 0 Å². The number of piperazine rings is 1. The highest BCUT2D eigenvalue weighted by Gasteiger charge is 2.17. The van der Waals surface area contributed by atoms with Gasteiger partial charge in [-0.05, 0) is 56.8 Å². The summed E-state index contributed by atoms with van der Waals surface area (Å²) in [5, 5.41) is 7.15. The third-order valence-electron chi connectivity index (χ3n) is 7.25. The second-order valence-electron chi connectivity index (χ2n) is 9.84. The van der Waals surface area contributed by atoms with E-state index >= 15 is 0 Å². The van der Waals surface area contributed by atoms with Crippen LogP contribution in [0.1, 0.15) is 11.9 Å². The first kappa shape index (κ1) is 25.2. The molecule has 0 spiro atoms. The zero-order valence-electron chi connectivity index (χ0n) is 22.4. The molecule has 6 rings (SSSR count). The number of benzene rings is 2. The molecule has 0 unspecified atom stereocenters. The number of likely N-dealkylation sites (N-methyl/N-ethyl adjacent to an activating group) is 1. The minimum Gasteiger partial charge on any atom is -0.369 e. The molecule has 0 aliphatic carbocycles. The highest BCUT2D eigenvalue weighted by molar-refractivity contribution is 7.09. The molecule has 3 aromatic heterocycles. The number of aryl methyl sites for hydroxylation is 2. The lowest BCUT2D eigenvalue weighted by atomic mass is 9.98. The Morgan fingerprint density at radius 1 is 0.949 bits per heavy atom. The van der Waals surface area contributed by atoms with Crippen molar-refractivity contribution in [1.82, 2.24) is 24.4 Å². The van der Waals surface area contributed by atoms with Crippen LogP contribution < -0.4 is 15.8 Å². The standard InChI is InChI=1S/C30H31N7OS/c1-4-37-28-21(17-26(29(37)38)24-7-5-6-8-25(24)27-19-39-20(2)32-27)18-31-30(34-28)33-22-9-11-23(12-10-22)36-15-13-35(3)14-16-36/h5-12,17-19H,4,13-16H2,1-3H3,(H,31,33,34). The van der Waals surface area contributed by atoms with Crippen molar-refractivity contribution in [2.24, 2.45) is 0 Å². The molecule has 198 valence electrons. The van der Waals surface area contributed by atoms with Crippen molar-refractivity contribution in [3.8, 4) is 22.4 Å². The molecule has 5 aromatic rings.